The van der Waals surface area contributed by atoms with Crippen molar-refractivity contribution in [2.75, 3.05) is 13.1 Å². The van der Waals surface area contributed by atoms with Crippen LogP contribution in [0.2, 0.25) is 0 Å². The van der Waals surface area contributed by atoms with Crippen molar-refractivity contribution in [2.24, 2.45) is 0 Å². The van der Waals surface area contributed by atoms with E-state index < -0.39 is 0 Å². The SMILES string of the molecule is Cl.O=C(c1ccccc1-c1ncc(-c2ccccc2F)o1)N1CCC2CCC(C1)N2. The van der Waals surface area contributed by atoms with Crippen LogP contribution >= 0.6 is 12.4 Å². The molecule has 2 fully saturated rings. The zero-order valence-electron chi connectivity index (χ0n) is 16.4. The van der Waals surface area contributed by atoms with E-state index in [9.17, 15) is 9.18 Å². The summed E-state index contributed by atoms with van der Waals surface area (Å²) in [6.45, 7) is 1.46. The molecule has 1 aromatic heterocycles. The van der Waals surface area contributed by atoms with Crippen molar-refractivity contribution in [2.45, 2.75) is 31.3 Å². The fourth-order valence-electron chi connectivity index (χ4n) is 4.34. The molecule has 2 aliphatic rings. The summed E-state index contributed by atoms with van der Waals surface area (Å²) >= 11 is 0. The standard InChI is InChI=1S/C23H22FN3O2.ClH/c24-20-8-4-3-7-19(20)21-13-25-22(29-21)17-5-1-2-6-18(17)23(28)27-12-11-15-9-10-16(14-27)26-15;/h1-8,13,15-16,26H,9-12,14H2;1H. The summed E-state index contributed by atoms with van der Waals surface area (Å²) in [4.78, 5) is 19.6. The topological polar surface area (TPSA) is 58.4 Å². The van der Waals surface area contributed by atoms with Crippen LogP contribution in [0.15, 0.2) is 59.1 Å². The lowest BCUT2D eigenvalue weighted by Gasteiger charge is -2.25. The third-order valence-electron chi connectivity index (χ3n) is 5.84. The van der Waals surface area contributed by atoms with Gasteiger partial charge in [0.15, 0.2) is 5.76 Å². The van der Waals surface area contributed by atoms with Gasteiger partial charge in [-0.3, -0.25) is 4.79 Å². The Kier molecular flexibility index (Phi) is 5.88. The second-order valence-corrected chi connectivity index (χ2v) is 7.73. The highest BCUT2D eigenvalue weighted by atomic mass is 35.5. The molecule has 30 heavy (non-hydrogen) atoms. The molecule has 5 rings (SSSR count). The van der Waals surface area contributed by atoms with Gasteiger partial charge in [-0.05, 0) is 43.5 Å². The molecule has 1 N–H and O–H groups in total. The van der Waals surface area contributed by atoms with Crippen LogP contribution in [-0.4, -0.2) is 41.0 Å². The molecule has 0 radical (unpaired) electrons. The molecule has 156 valence electrons. The first-order valence-corrected chi connectivity index (χ1v) is 10.0. The summed E-state index contributed by atoms with van der Waals surface area (Å²) in [5.41, 5.74) is 1.54. The number of nitrogens with one attached hydrogen (secondary N) is 1. The fourth-order valence-corrected chi connectivity index (χ4v) is 4.34. The van der Waals surface area contributed by atoms with E-state index in [1.165, 1.54) is 18.7 Å². The van der Waals surface area contributed by atoms with Crippen molar-refractivity contribution in [1.82, 2.24) is 15.2 Å². The number of halogens is 2. The lowest BCUT2D eigenvalue weighted by Crippen LogP contribution is -2.39. The van der Waals surface area contributed by atoms with Crippen LogP contribution in [-0.2, 0) is 0 Å². The van der Waals surface area contributed by atoms with Gasteiger partial charge in [-0.25, -0.2) is 9.37 Å². The Hall–Kier alpha value is -2.70. The van der Waals surface area contributed by atoms with E-state index in [1.54, 1.807) is 24.3 Å². The smallest absolute Gasteiger partial charge is 0.254 e. The van der Waals surface area contributed by atoms with E-state index in [2.05, 4.69) is 10.3 Å². The number of hydrogen-bond acceptors (Lipinski definition) is 4. The van der Waals surface area contributed by atoms with Gasteiger partial charge in [-0.15, -0.1) is 12.4 Å². The monoisotopic (exact) mass is 427 g/mol. The molecule has 7 heteroatoms. The lowest BCUT2D eigenvalue weighted by molar-refractivity contribution is 0.0748. The van der Waals surface area contributed by atoms with Crippen molar-refractivity contribution in [3.05, 3.63) is 66.1 Å². The van der Waals surface area contributed by atoms with Crippen molar-refractivity contribution < 1.29 is 13.6 Å². The van der Waals surface area contributed by atoms with E-state index in [0.29, 0.717) is 40.4 Å². The van der Waals surface area contributed by atoms with Gasteiger partial charge in [-0.2, -0.15) is 0 Å². The Balaban J connectivity index is 0.00000218. The van der Waals surface area contributed by atoms with Crippen LogP contribution in [0.25, 0.3) is 22.8 Å². The van der Waals surface area contributed by atoms with Crippen LogP contribution in [0.5, 0.6) is 0 Å². The second kappa shape index (κ2) is 8.58. The molecule has 0 saturated carbocycles. The molecule has 2 atom stereocenters. The third-order valence-corrected chi connectivity index (χ3v) is 5.84. The first-order valence-electron chi connectivity index (χ1n) is 10.0. The summed E-state index contributed by atoms with van der Waals surface area (Å²) in [5, 5.41) is 3.60. The molecular formula is C23H23ClFN3O2. The van der Waals surface area contributed by atoms with Gasteiger partial charge in [0, 0.05) is 30.7 Å². The van der Waals surface area contributed by atoms with E-state index in [0.717, 1.165) is 25.9 Å². The number of oxazole rings is 1. The van der Waals surface area contributed by atoms with Crippen molar-refractivity contribution in [3.63, 3.8) is 0 Å². The summed E-state index contributed by atoms with van der Waals surface area (Å²) in [5.74, 6) is 0.283. The maximum atomic E-state index is 14.1. The van der Waals surface area contributed by atoms with Crippen molar-refractivity contribution >= 4 is 18.3 Å². The molecule has 3 heterocycles. The maximum Gasteiger partial charge on any atom is 0.254 e. The number of carbonyl (C=O) groups excluding carboxylic acids is 1. The van der Waals surface area contributed by atoms with Crippen LogP contribution in [0.1, 0.15) is 29.6 Å². The normalized spacial score (nSPS) is 20.5. The lowest BCUT2D eigenvalue weighted by atomic mass is 10.0. The minimum absolute atomic E-state index is 0. The quantitative estimate of drug-likeness (QED) is 0.666. The largest absolute Gasteiger partial charge is 0.436 e. The molecule has 2 saturated heterocycles. The average molecular weight is 428 g/mol. The van der Waals surface area contributed by atoms with Gasteiger partial charge in [0.2, 0.25) is 5.89 Å². The zero-order chi connectivity index (χ0) is 19.8. The fraction of sp³-hybridized carbons (Fsp3) is 0.304. The first kappa shape index (κ1) is 20.6. The number of aromatic nitrogens is 1. The zero-order valence-corrected chi connectivity index (χ0v) is 17.2. The van der Waals surface area contributed by atoms with Crippen LogP contribution < -0.4 is 5.32 Å². The predicted molar refractivity (Wildman–Crippen MR) is 115 cm³/mol. The molecule has 0 aliphatic carbocycles. The van der Waals surface area contributed by atoms with Gasteiger partial charge in [0.1, 0.15) is 5.82 Å². The number of likely N-dealkylation sites (tertiary alicyclic amines) is 1. The highest BCUT2D eigenvalue weighted by Crippen LogP contribution is 2.30. The molecule has 0 spiro atoms. The summed E-state index contributed by atoms with van der Waals surface area (Å²) in [6, 6.07) is 14.6. The number of benzene rings is 2. The number of nitrogens with zero attached hydrogens (tertiary/aromatic N) is 2. The Morgan fingerprint density at radius 2 is 1.77 bits per heavy atom. The number of amides is 1. The number of rotatable bonds is 3. The van der Waals surface area contributed by atoms with Gasteiger partial charge in [0.25, 0.3) is 5.91 Å². The minimum Gasteiger partial charge on any atom is -0.436 e. The molecule has 2 aromatic carbocycles. The van der Waals surface area contributed by atoms with E-state index >= 15 is 0 Å². The first-order chi connectivity index (χ1) is 14.2. The summed E-state index contributed by atoms with van der Waals surface area (Å²) in [7, 11) is 0. The highest BCUT2D eigenvalue weighted by molar-refractivity contribution is 6.00. The molecule has 1 amide bonds. The molecule has 3 aromatic rings. The third kappa shape index (κ3) is 3.85. The van der Waals surface area contributed by atoms with Gasteiger partial charge in [0.05, 0.1) is 17.3 Å². The minimum atomic E-state index is -0.369. The number of carbonyl (C=O) groups is 1. The Morgan fingerprint density at radius 1 is 1.03 bits per heavy atom. The van der Waals surface area contributed by atoms with Crippen LogP contribution in [0.3, 0.4) is 0 Å². The highest BCUT2D eigenvalue weighted by Gasteiger charge is 2.32. The Labute approximate surface area is 180 Å². The molecule has 5 nitrogen and oxygen atoms in total. The Morgan fingerprint density at radius 3 is 2.60 bits per heavy atom. The molecule has 2 unspecified atom stereocenters. The molecule has 2 bridgehead atoms. The van der Waals surface area contributed by atoms with E-state index in [-0.39, 0.29) is 24.1 Å². The van der Waals surface area contributed by atoms with Crippen LogP contribution in [0.4, 0.5) is 4.39 Å². The van der Waals surface area contributed by atoms with Gasteiger partial charge >= 0.3 is 0 Å². The van der Waals surface area contributed by atoms with Crippen molar-refractivity contribution in [3.8, 4) is 22.8 Å². The predicted octanol–water partition coefficient (Wildman–Crippen LogP) is 4.54. The van der Waals surface area contributed by atoms with Crippen LogP contribution in [0, 0.1) is 5.82 Å². The van der Waals surface area contributed by atoms with Crippen molar-refractivity contribution in [1.29, 1.82) is 0 Å². The van der Waals surface area contributed by atoms with E-state index in [4.69, 9.17) is 4.42 Å². The maximum absolute atomic E-state index is 14.1. The van der Waals surface area contributed by atoms with Gasteiger partial charge < -0.3 is 14.6 Å². The van der Waals surface area contributed by atoms with Gasteiger partial charge in [-0.1, -0.05) is 24.3 Å². The average Bonchev–Trinajstić information content (AvgIpc) is 3.34. The number of hydrogen-bond donors (Lipinski definition) is 1. The molecular weight excluding hydrogens is 405 g/mol. The van der Waals surface area contributed by atoms with E-state index in [1.807, 2.05) is 23.1 Å². The second-order valence-electron chi connectivity index (χ2n) is 7.73. The Bertz CT molecular complexity index is 1050. The number of fused-ring (bicyclic) bond motifs is 2. The molecule has 2 aliphatic heterocycles. The summed E-state index contributed by atoms with van der Waals surface area (Å²) in [6.07, 6.45) is 4.78. The summed E-state index contributed by atoms with van der Waals surface area (Å²) < 4.78 is 19.9.